The molecule has 0 atom stereocenters. The number of benzene rings is 1. The van der Waals surface area contributed by atoms with Gasteiger partial charge in [-0.2, -0.15) is 0 Å². The summed E-state index contributed by atoms with van der Waals surface area (Å²) in [5, 5.41) is 17.4. The molecule has 1 N–H and O–H groups in total. The molecule has 100 valence electrons. The van der Waals surface area contributed by atoms with Gasteiger partial charge in [0.1, 0.15) is 12.1 Å². The number of carbonyl (C=O) groups is 1. The predicted molar refractivity (Wildman–Crippen MR) is 70.6 cm³/mol. The number of carboxylic acid groups (broad SMARTS) is 1. The Labute approximate surface area is 114 Å². The van der Waals surface area contributed by atoms with Gasteiger partial charge in [-0.25, -0.2) is 4.79 Å². The summed E-state index contributed by atoms with van der Waals surface area (Å²) in [6.07, 6.45) is 1.64. The van der Waals surface area contributed by atoms with Crippen molar-refractivity contribution in [3.05, 3.63) is 36.2 Å². The van der Waals surface area contributed by atoms with Crippen LogP contribution in [0.25, 0.3) is 0 Å². The first kappa shape index (κ1) is 13.4. The van der Waals surface area contributed by atoms with Crippen molar-refractivity contribution in [3.8, 4) is 5.75 Å². The van der Waals surface area contributed by atoms with Crippen molar-refractivity contribution in [2.24, 2.45) is 7.05 Å². The van der Waals surface area contributed by atoms with Crippen molar-refractivity contribution in [3.63, 3.8) is 0 Å². The fraction of sp³-hybridized carbons (Fsp3) is 0.250. The molecule has 0 aliphatic rings. The third-order valence-electron chi connectivity index (χ3n) is 2.33. The highest BCUT2D eigenvalue weighted by Crippen LogP contribution is 2.16. The van der Waals surface area contributed by atoms with Crippen LogP contribution in [0.15, 0.2) is 35.7 Å². The second-order valence-electron chi connectivity index (χ2n) is 3.75. The molecule has 0 radical (unpaired) electrons. The Kier molecular flexibility index (Phi) is 4.40. The van der Waals surface area contributed by atoms with E-state index in [9.17, 15) is 4.79 Å². The van der Waals surface area contributed by atoms with E-state index in [0.29, 0.717) is 18.1 Å². The Bertz CT molecular complexity index is 571. The van der Waals surface area contributed by atoms with Gasteiger partial charge in [0.2, 0.25) is 0 Å². The molecule has 0 fully saturated rings. The highest BCUT2D eigenvalue weighted by Gasteiger charge is 2.04. The van der Waals surface area contributed by atoms with Crippen LogP contribution in [0.1, 0.15) is 10.4 Å². The van der Waals surface area contributed by atoms with E-state index in [-0.39, 0.29) is 5.56 Å². The molecule has 0 aliphatic carbocycles. The SMILES string of the molecule is Cn1cnnc1SCCOc1cccc(C(=O)O)c1. The number of aromatic carboxylic acids is 1. The van der Waals surface area contributed by atoms with Crippen LogP contribution in [-0.4, -0.2) is 38.2 Å². The fourth-order valence-electron chi connectivity index (χ4n) is 1.41. The zero-order valence-corrected chi connectivity index (χ0v) is 11.1. The minimum Gasteiger partial charge on any atom is -0.493 e. The van der Waals surface area contributed by atoms with E-state index in [2.05, 4.69) is 10.2 Å². The first-order valence-corrected chi connectivity index (χ1v) is 6.58. The van der Waals surface area contributed by atoms with Gasteiger partial charge >= 0.3 is 5.97 Å². The van der Waals surface area contributed by atoms with E-state index < -0.39 is 5.97 Å². The molecule has 0 bridgehead atoms. The molecule has 6 nitrogen and oxygen atoms in total. The molecule has 1 heterocycles. The zero-order chi connectivity index (χ0) is 13.7. The van der Waals surface area contributed by atoms with Gasteiger partial charge in [0, 0.05) is 12.8 Å². The summed E-state index contributed by atoms with van der Waals surface area (Å²) in [5.74, 6) is 0.307. The van der Waals surface area contributed by atoms with Crippen molar-refractivity contribution in [1.82, 2.24) is 14.8 Å². The molecule has 1 aromatic heterocycles. The van der Waals surface area contributed by atoms with Gasteiger partial charge in [0.15, 0.2) is 5.16 Å². The Hall–Kier alpha value is -2.02. The van der Waals surface area contributed by atoms with E-state index in [4.69, 9.17) is 9.84 Å². The quantitative estimate of drug-likeness (QED) is 0.640. The number of nitrogens with zero attached hydrogens (tertiary/aromatic N) is 3. The van der Waals surface area contributed by atoms with Gasteiger partial charge in [-0.05, 0) is 18.2 Å². The third kappa shape index (κ3) is 3.72. The molecule has 0 amide bonds. The molecule has 0 spiro atoms. The van der Waals surface area contributed by atoms with Crippen LogP contribution in [0, 0.1) is 0 Å². The summed E-state index contributed by atoms with van der Waals surface area (Å²) in [6.45, 7) is 0.473. The standard InChI is InChI=1S/C12H13N3O3S/c1-15-8-13-14-12(15)19-6-5-18-10-4-2-3-9(7-10)11(16)17/h2-4,7-8H,5-6H2,1H3,(H,16,17). The van der Waals surface area contributed by atoms with Gasteiger partial charge in [-0.15, -0.1) is 10.2 Å². The Morgan fingerprint density at radius 3 is 3.05 bits per heavy atom. The van der Waals surface area contributed by atoms with E-state index in [0.717, 1.165) is 5.16 Å². The van der Waals surface area contributed by atoms with Crippen LogP contribution in [0.4, 0.5) is 0 Å². The molecule has 0 saturated heterocycles. The summed E-state index contributed by atoms with van der Waals surface area (Å²) >= 11 is 1.53. The van der Waals surface area contributed by atoms with Crippen molar-refractivity contribution in [2.45, 2.75) is 5.16 Å². The number of carboxylic acids is 1. The lowest BCUT2D eigenvalue weighted by Gasteiger charge is -2.06. The lowest BCUT2D eigenvalue weighted by Crippen LogP contribution is -2.03. The summed E-state index contributed by atoms with van der Waals surface area (Å²) < 4.78 is 7.32. The summed E-state index contributed by atoms with van der Waals surface area (Å²) in [7, 11) is 1.87. The van der Waals surface area contributed by atoms with Crippen LogP contribution < -0.4 is 4.74 Å². The molecule has 0 saturated carbocycles. The lowest BCUT2D eigenvalue weighted by atomic mass is 10.2. The van der Waals surface area contributed by atoms with Crippen LogP contribution in [-0.2, 0) is 7.05 Å². The zero-order valence-electron chi connectivity index (χ0n) is 10.3. The molecular weight excluding hydrogens is 266 g/mol. The summed E-state index contributed by atoms with van der Waals surface area (Å²) in [4.78, 5) is 10.8. The van der Waals surface area contributed by atoms with Crippen molar-refractivity contribution >= 4 is 17.7 Å². The van der Waals surface area contributed by atoms with Crippen molar-refractivity contribution in [1.29, 1.82) is 0 Å². The molecule has 19 heavy (non-hydrogen) atoms. The predicted octanol–water partition coefficient (Wildman–Crippen LogP) is 1.68. The molecular formula is C12H13N3O3S. The second-order valence-corrected chi connectivity index (χ2v) is 4.82. The number of aromatic nitrogens is 3. The van der Waals surface area contributed by atoms with E-state index >= 15 is 0 Å². The van der Waals surface area contributed by atoms with Gasteiger partial charge in [-0.1, -0.05) is 17.8 Å². The van der Waals surface area contributed by atoms with E-state index in [1.165, 1.54) is 23.9 Å². The first-order chi connectivity index (χ1) is 9.16. The number of rotatable bonds is 6. The highest BCUT2D eigenvalue weighted by molar-refractivity contribution is 7.99. The normalized spacial score (nSPS) is 10.4. The molecule has 1 aromatic carbocycles. The monoisotopic (exact) mass is 279 g/mol. The largest absolute Gasteiger partial charge is 0.493 e. The minimum atomic E-state index is -0.959. The van der Waals surface area contributed by atoms with Gasteiger partial charge in [0.05, 0.1) is 12.2 Å². The molecule has 0 aliphatic heterocycles. The molecule has 7 heteroatoms. The Morgan fingerprint density at radius 2 is 2.37 bits per heavy atom. The third-order valence-corrected chi connectivity index (χ3v) is 3.33. The Morgan fingerprint density at radius 1 is 1.53 bits per heavy atom. The Balaban J connectivity index is 1.81. The number of hydrogen-bond acceptors (Lipinski definition) is 5. The van der Waals surface area contributed by atoms with Gasteiger partial charge in [-0.3, -0.25) is 0 Å². The highest BCUT2D eigenvalue weighted by atomic mass is 32.2. The number of aryl methyl sites for hydroxylation is 1. The average Bonchev–Trinajstić information content (AvgIpc) is 2.81. The van der Waals surface area contributed by atoms with Crippen molar-refractivity contribution in [2.75, 3.05) is 12.4 Å². The number of hydrogen-bond donors (Lipinski definition) is 1. The topological polar surface area (TPSA) is 77.2 Å². The molecule has 2 aromatic rings. The van der Waals surface area contributed by atoms with E-state index in [1.54, 1.807) is 18.5 Å². The van der Waals surface area contributed by atoms with E-state index in [1.807, 2.05) is 11.6 Å². The van der Waals surface area contributed by atoms with Gasteiger partial charge < -0.3 is 14.4 Å². The maximum absolute atomic E-state index is 10.8. The smallest absolute Gasteiger partial charge is 0.335 e. The van der Waals surface area contributed by atoms with Gasteiger partial charge in [0.25, 0.3) is 0 Å². The van der Waals surface area contributed by atoms with Crippen LogP contribution in [0.3, 0.4) is 0 Å². The second kappa shape index (κ2) is 6.24. The minimum absolute atomic E-state index is 0.221. The molecule has 2 rings (SSSR count). The average molecular weight is 279 g/mol. The fourth-order valence-corrected chi connectivity index (χ4v) is 2.12. The van der Waals surface area contributed by atoms with Crippen LogP contribution in [0.2, 0.25) is 0 Å². The maximum Gasteiger partial charge on any atom is 0.335 e. The van der Waals surface area contributed by atoms with Crippen LogP contribution in [0.5, 0.6) is 5.75 Å². The number of ether oxygens (including phenoxy) is 1. The summed E-state index contributed by atoms with van der Waals surface area (Å²) in [5.41, 5.74) is 0.221. The lowest BCUT2D eigenvalue weighted by molar-refractivity contribution is 0.0696. The number of thioether (sulfide) groups is 1. The maximum atomic E-state index is 10.8. The van der Waals surface area contributed by atoms with Crippen LogP contribution >= 0.6 is 11.8 Å². The molecule has 0 unspecified atom stereocenters. The van der Waals surface area contributed by atoms with Crippen molar-refractivity contribution < 1.29 is 14.6 Å². The first-order valence-electron chi connectivity index (χ1n) is 5.60. The summed E-state index contributed by atoms with van der Waals surface area (Å²) in [6, 6.07) is 6.44.